The van der Waals surface area contributed by atoms with Gasteiger partial charge in [-0.1, -0.05) is 42.1 Å². The van der Waals surface area contributed by atoms with Crippen LogP contribution in [0.2, 0.25) is 0 Å². The number of benzene rings is 2. The zero-order chi connectivity index (χ0) is 23.7. The molecule has 4 aromatic rings. The maximum atomic E-state index is 12.9. The van der Waals surface area contributed by atoms with Crippen LogP contribution < -0.4 is 15.8 Å². The van der Waals surface area contributed by atoms with Crippen molar-refractivity contribution in [3.63, 3.8) is 0 Å². The Hall–Kier alpha value is -3.59. The molecule has 1 N–H and O–H groups in total. The molecule has 0 saturated heterocycles. The average molecular weight is 475 g/mol. The molecule has 34 heavy (non-hydrogen) atoms. The highest BCUT2D eigenvalue weighted by molar-refractivity contribution is 7.99. The Morgan fingerprint density at radius 1 is 1.24 bits per heavy atom. The smallest absolute Gasteiger partial charge is 0.263 e. The van der Waals surface area contributed by atoms with Crippen molar-refractivity contribution in [2.75, 3.05) is 24.2 Å². The first kappa shape index (κ1) is 22.2. The molecule has 8 nitrogen and oxygen atoms in total. The number of thioether (sulfide) groups is 1. The van der Waals surface area contributed by atoms with Gasteiger partial charge in [0.25, 0.3) is 5.56 Å². The molecule has 0 radical (unpaired) electrons. The van der Waals surface area contributed by atoms with Crippen LogP contribution in [-0.2, 0) is 24.3 Å². The van der Waals surface area contributed by atoms with E-state index in [-0.39, 0.29) is 17.2 Å². The topological polar surface area (TPSA) is 84.5 Å². The Morgan fingerprint density at radius 3 is 2.94 bits per heavy atom. The quantitative estimate of drug-likeness (QED) is 0.327. The van der Waals surface area contributed by atoms with Gasteiger partial charge in [0, 0.05) is 32.4 Å². The second-order valence-electron chi connectivity index (χ2n) is 8.39. The maximum Gasteiger partial charge on any atom is 0.263 e. The summed E-state index contributed by atoms with van der Waals surface area (Å²) in [7, 11) is 2.12. The van der Waals surface area contributed by atoms with Crippen LogP contribution in [0, 0.1) is 0 Å². The number of fused-ring (bicyclic) bond motifs is 4. The highest BCUT2D eigenvalue weighted by Crippen LogP contribution is 2.27. The number of nitrogens with one attached hydrogen (secondary N) is 1. The van der Waals surface area contributed by atoms with Crippen molar-refractivity contribution >= 4 is 40.0 Å². The van der Waals surface area contributed by atoms with Crippen LogP contribution in [0.15, 0.2) is 65.1 Å². The fraction of sp³-hybridized carbons (Fsp3) is 0.280. The molecule has 2 aromatic heterocycles. The molecular weight excluding hydrogens is 448 g/mol. The number of para-hydroxylation sites is 1. The number of carbonyl (C=O) groups excluding carboxylic acids is 1. The second-order valence-corrected chi connectivity index (χ2v) is 9.34. The van der Waals surface area contributed by atoms with Gasteiger partial charge >= 0.3 is 0 Å². The van der Waals surface area contributed by atoms with E-state index in [1.807, 2.05) is 22.6 Å². The molecule has 2 aromatic carbocycles. The third-order valence-electron chi connectivity index (χ3n) is 6.11. The molecule has 0 aliphatic carbocycles. The van der Waals surface area contributed by atoms with E-state index in [0.717, 1.165) is 30.5 Å². The van der Waals surface area contributed by atoms with E-state index in [2.05, 4.69) is 52.2 Å². The van der Waals surface area contributed by atoms with Gasteiger partial charge in [-0.25, -0.2) is 0 Å². The maximum absolute atomic E-state index is 12.9. The van der Waals surface area contributed by atoms with E-state index in [9.17, 15) is 9.59 Å². The van der Waals surface area contributed by atoms with E-state index in [4.69, 9.17) is 0 Å². The van der Waals surface area contributed by atoms with Gasteiger partial charge < -0.3 is 10.2 Å². The van der Waals surface area contributed by atoms with Crippen LogP contribution in [0.4, 0.5) is 5.69 Å². The lowest BCUT2D eigenvalue weighted by Crippen LogP contribution is -2.26. The van der Waals surface area contributed by atoms with Gasteiger partial charge in [-0.15, -0.1) is 16.8 Å². The van der Waals surface area contributed by atoms with Crippen molar-refractivity contribution in [2.45, 2.75) is 31.1 Å². The first-order valence-corrected chi connectivity index (χ1v) is 12.3. The Morgan fingerprint density at radius 2 is 2.09 bits per heavy atom. The number of hydrogen-bond donors (Lipinski definition) is 1. The summed E-state index contributed by atoms with van der Waals surface area (Å²) in [5.74, 6) is 0.550. The van der Waals surface area contributed by atoms with Crippen LogP contribution in [-0.4, -0.2) is 44.4 Å². The number of allylic oxidation sites excluding steroid dienone is 1. The van der Waals surface area contributed by atoms with Gasteiger partial charge in [0.1, 0.15) is 0 Å². The van der Waals surface area contributed by atoms with Gasteiger partial charge in [0.15, 0.2) is 5.16 Å². The summed E-state index contributed by atoms with van der Waals surface area (Å²) >= 11 is 1.30. The summed E-state index contributed by atoms with van der Waals surface area (Å²) in [6.45, 7) is 5.64. The summed E-state index contributed by atoms with van der Waals surface area (Å²) in [4.78, 5) is 27.8. The zero-order valence-electron chi connectivity index (χ0n) is 19.0. The van der Waals surface area contributed by atoms with Crippen molar-refractivity contribution in [2.24, 2.45) is 0 Å². The standard InChI is InChI=1S/C25H26N6O2S/c1-3-12-30-23(33)19-8-4-5-9-21(19)31-24(30)27-28-25(31)34-16-22(32)26-15-17-10-11-20-18(14-17)7-6-13-29(20)2/h3-5,8-11,14H,1,6-7,12-13,15-16H2,2H3,(H,26,32). The predicted octanol–water partition coefficient (Wildman–Crippen LogP) is 3.02. The molecule has 5 rings (SSSR count). The van der Waals surface area contributed by atoms with Crippen molar-refractivity contribution < 1.29 is 4.79 Å². The molecule has 0 bridgehead atoms. The lowest BCUT2D eigenvalue weighted by atomic mass is 9.99. The van der Waals surface area contributed by atoms with E-state index < -0.39 is 0 Å². The first-order chi connectivity index (χ1) is 16.6. The van der Waals surface area contributed by atoms with Crippen LogP contribution in [0.1, 0.15) is 17.5 Å². The summed E-state index contributed by atoms with van der Waals surface area (Å²) < 4.78 is 3.37. The average Bonchev–Trinajstić information content (AvgIpc) is 3.28. The monoisotopic (exact) mass is 474 g/mol. The molecule has 0 atom stereocenters. The van der Waals surface area contributed by atoms with Gasteiger partial charge in [-0.3, -0.25) is 18.6 Å². The normalized spacial score (nSPS) is 13.3. The lowest BCUT2D eigenvalue weighted by molar-refractivity contribution is -0.118. The summed E-state index contributed by atoms with van der Waals surface area (Å²) in [6.07, 6.45) is 3.88. The van der Waals surface area contributed by atoms with Gasteiger partial charge in [0.2, 0.25) is 11.7 Å². The first-order valence-electron chi connectivity index (χ1n) is 11.3. The van der Waals surface area contributed by atoms with E-state index in [1.54, 1.807) is 16.7 Å². The molecule has 1 amide bonds. The number of carbonyl (C=O) groups is 1. The zero-order valence-corrected chi connectivity index (χ0v) is 19.8. The van der Waals surface area contributed by atoms with Crippen molar-refractivity contribution in [3.05, 3.63) is 76.6 Å². The number of amides is 1. The fourth-order valence-corrected chi connectivity index (χ4v) is 5.22. The van der Waals surface area contributed by atoms with Gasteiger partial charge in [0.05, 0.1) is 16.7 Å². The molecule has 0 fully saturated rings. The van der Waals surface area contributed by atoms with Gasteiger partial charge in [-0.2, -0.15) is 0 Å². The van der Waals surface area contributed by atoms with E-state index in [1.165, 1.54) is 23.0 Å². The predicted molar refractivity (Wildman–Crippen MR) is 136 cm³/mol. The Kier molecular flexibility index (Phi) is 6.10. The number of anilines is 1. The van der Waals surface area contributed by atoms with Crippen molar-refractivity contribution in [3.8, 4) is 0 Å². The molecule has 174 valence electrons. The number of aromatic nitrogens is 4. The summed E-state index contributed by atoms with van der Waals surface area (Å²) in [6, 6.07) is 13.8. The largest absolute Gasteiger partial charge is 0.374 e. The number of rotatable bonds is 7. The Bertz CT molecular complexity index is 1460. The highest BCUT2D eigenvalue weighted by Gasteiger charge is 2.17. The third-order valence-corrected chi connectivity index (χ3v) is 7.04. The highest BCUT2D eigenvalue weighted by atomic mass is 32.2. The third kappa shape index (κ3) is 4.07. The molecular formula is C25H26N6O2S. The molecule has 0 spiro atoms. The fourth-order valence-electron chi connectivity index (χ4n) is 4.45. The minimum absolute atomic E-state index is 0.0830. The minimum atomic E-state index is -0.138. The number of hydrogen-bond acceptors (Lipinski definition) is 6. The SMILES string of the molecule is C=CCn1c(=O)c2ccccc2n2c(SCC(=O)NCc3ccc4c(c3)CCCN4C)nnc12. The molecule has 1 aliphatic rings. The summed E-state index contributed by atoms with van der Waals surface area (Å²) in [5.41, 5.74) is 4.29. The van der Waals surface area contributed by atoms with Gasteiger partial charge in [-0.05, 0) is 42.2 Å². The second kappa shape index (κ2) is 9.34. The minimum Gasteiger partial charge on any atom is -0.374 e. The number of nitrogens with zero attached hydrogens (tertiary/aromatic N) is 5. The van der Waals surface area contributed by atoms with Crippen molar-refractivity contribution in [1.29, 1.82) is 0 Å². The Labute approximate surface area is 201 Å². The van der Waals surface area contributed by atoms with Crippen LogP contribution in [0.25, 0.3) is 16.7 Å². The van der Waals surface area contributed by atoms with E-state index >= 15 is 0 Å². The van der Waals surface area contributed by atoms with Crippen LogP contribution in [0.3, 0.4) is 0 Å². The van der Waals surface area contributed by atoms with Crippen LogP contribution in [0.5, 0.6) is 0 Å². The summed E-state index contributed by atoms with van der Waals surface area (Å²) in [5, 5.41) is 12.7. The molecule has 9 heteroatoms. The van der Waals surface area contributed by atoms with Crippen LogP contribution >= 0.6 is 11.8 Å². The Balaban J connectivity index is 1.32. The molecule has 3 heterocycles. The molecule has 1 aliphatic heterocycles. The number of aryl methyl sites for hydroxylation is 1. The molecule has 0 unspecified atom stereocenters. The van der Waals surface area contributed by atoms with Crippen molar-refractivity contribution in [1.82, 2.24) is 24.5 Å². The lowest BCUT2D eigenvalue weighted by Gasteiger charge is -2.27. The van der Waals surface area contributed by atoms with E-state index in [0.29, 0.717) is 29.4 Å². The molecule has 0 saturated carbocycles.